The van der Waals surface area contributed by atoms with E-state index in [4.69, 9.17) is 0 Å². The van der Waals surface area contributed by atoms with Crippen LogP contribution in [0, 0.1) is 11.8 Å². The van der Waals surface area contributed by atoms with Crippen LogP contribution in [0.15, 0.2) is 30.3 Å². The van der Waals surface area contributed by atoms with E-state index in [2.05, 4.69) is 4.72 Å². The molecule has 0 aliphatic heterocycles. The van der Waals surface area contributed by atoms with E-state index in [0.717, 1.165) is 5.56 Å². The molecular formula is C15H23NO4S. The second kappa shape index (κ2) is 6.87. The average molecular weight is 313 g/mol. The van der Waals surface area contributed by atoms with E-state index in [1.165, 1.54) is 0 Å². The summed E-state index contributed by atoms with van der Waals surface area (Å²) >= 11 is 0. The van der Waals surface area contributed by atoms with Crippen LogP contribution in [0.5, 0.6) is 0 Å². The maximum absolute atomic E-state index is 12.0. The molecule has 1 aliphatic rings. The fraction of sp³-hybridized carbons (Fsp3) is 0.600. The Bertz CT molecular complexity index is 546. The van der Waals surface area contributed by atoms with Crippen LogP contribution >= 0.6 is 0 Å². The number of aliphatic hydroxyl groups excluding tert-OH is 2. The van der Waals surface area contributed by atoms with Crippen molar-refractivity contribution in [3.05, 3.63) is 35.9 Å². The second-order valence-corrected chi connectivity index (χ2v) is 7.72. The molecule has 5 nitrogen and oxygen atoms in total. The van der Waals surface area contributed by atoms with Gasteiger partial charge in [-0.1, -0.05) is 37.3 Å². The molecule has 21 heavy (non-hydrogen) atoms. The third-order valence-corrected chi connectivity index (χ3v) is 5.65. The SMILES string of the molecule is CC1C(O)CC(O)C1CNS(=O)(=O)CCc1ccccc1. The number of aliphatic hydroxyl groups is 2. The van der Waals surface area contributed by atoms with Crippen LogP contribution < -0.4 is 4.72 Å². The Balaban J connectivity index is 1.84. The van der Waals surface area contributed by atoms with Gasteiger partial charge < -0.3 is 10.2 Å². The summed E-state index contributed by atoms with van der Waals surface area (Å²) in [5.74, 6) is -0.306. The van der Waals surface area contributed by atoms with Crippen molar-refractivity contribution in [1.82, 2.24) is 4.72 Å². The molecule has 1 aromatic carbocycles. The number of benzene rings is 1. The van der Waals surface area contributed by atoms with Crippen LogP contribution in [0.3, 0.4) is 0 Å². The first-order valence-electron chi connectivity index (χ1n) is 7.26. The minimum Gasteiger partial charge on any atom is -0.393 e. The molecule has 1 aliphatic carbocycles. The fourth-order valence-corrected chi connectivity index (χ4v) is 3.88. The van der Waals surface area contributed by atoms with E-state index >= 15 is 0 Å². The Kier molecular flexibility index (Phi) is 5.37. The van der Waals surface area contributed by atoms with E-state index in [-0.39, 0.29) is 24.1 Å². The van der Waals surface area contributed by atoms with Gasteiger partial charge in [-0.2, -0.15) is 0 Å². The van der Waals surface area contributed by atoms with Crippen LogP contribution in [-0.4, -0.2) is 43.1 Å². The first-order valence-corrected chi connectivity index (χ1v) is 8.91. The van der Waals surface area contributed by atoms with Gasteiger partial charge in [0.15, 0.2) is 0 Å². The molecule has 3 N–H and O–H groups in total. The first-order chi connectivity index (χ1) is 9.89. The maximum atomic E-state index is 12.0. The molecule has 4 unspecified atom stereocenters. The van der Waals surface area contributed by atoms with Crippen LogP contribution in [0.2, 0.25) is 0 Å². The fourth-order valence-electron chi connectivity index (χ4n) is 2.79. The zero-order chi connectivity index (χ0) is 15.5. The summed E-state index contributed by atoms with van der Waals surface area (Å²) in [6, 6.07) is 9.45. The van der Waals surface area contributed by atoms with Gasteiger partial charge in [0, 0.05) is 12.5 Å². The van der Waals surface area contributed by atoms with Gasteiger partial charge in [-0.05, 0) is 24.3 Å². The molecule has 2 rings (SSSR count). The van der Waals surface area contributed by atoms with E-state index < -0.39 is 22.2 Å². The van der Waals surface area contributed by atoms with Gasteiger partial charge in [-0.25, -0.2) is 13.1 Å². The van der Waals surface area contributed by atoms with Crippen molar-refractivity contribution in [1.29, 1.82) is 0 Å². The first kappa shape index (κ1) is 16.4. The van der Waals surface area contributed by atoms with E-state index in [1.807, 2.05) is 37.3 Å². The predicted octanol–water partition coefficient (Wildman–Crippen LogP) is 0.526. The van der Waals surface area contributed by atoms with Crippen molar-refractivity contribution in [2.75, 3.05) is 12.3 Å². The highest BCUT2D eigenvalue weighted by Crippen LogP contribution is 2.31. The summed E-state index contributed by atoms with van der Waals surface area (Å²) in [5, 5.41) is 19.5. The normalized spacial score (nSPS) is 29.7. The summed E-state index contributed by atoms with van der Waals surface area (Å²) in [5.41, 5.74) is 0.979. The molecule has 0 radical (unpaired) electrons. The Morgan fingerprint density at radius 1 is 1.19 bits per heavy atom. The average Bonchev–Trinajstić information content (AvgIpc) is 2.69. The summed E-state index contributed by atoms with van der Waals surface area (Å²) < 4.78 is 26.6. The van der Waals surface area contributed by atoms with Crippen molar-refractivity contribution in [2.24, 2.45) is 11.8 Å². The van der Waals surface area contributed by atoms with Gasteiger partial charge in [0.05, 0.1) is 18.0 Å². The number of nitrogens with one attached hydrogen (secondary N) is 1. The Hall–Kier alpha value is -0.950. The van der Waals surface area contributed by atoms with Crippen molar-refractivity contribution in [2.45, 2.75) is 32.0 Å². The smallest absolute Gasteiger partial charge is 0.211 e. The van der Waals surface area contributed by atoms with Crippen molar-refractivity contribution < 1.29 is 18.6 Å². The zero-order valence-corrected chi connectivity index (χ0v) is 13.0. The summed E-state index contributed by atoms with van der Waals surface area (Å²) in [6.45, 7) is 2.01. The number of hydrogen-bond acceptors (Lipinski definition) is 4. The van der Waals surface area contributed by atoms with E-state index in [1.54, 1.807) is 0 Å². The number of hydrogen-bond donors (Lipinski definition) is 3. The lowest BCUT2D eigenvalue weighted by Crippen LogP contribution is -2.36. The van der Waals surface area contributed by atoms with Gasteiger partial charge in [0.2, 0.25) is 10.0 Å². The third-order valence-electron chi connectivity index (χ3n) is 4.30. The van der Waals surface area contributed by atoms with Gasteiger partial charge in [-0.15, -0.1) is 0 Å². The maximum Gasteiger partial charge on any atom is 0.211 e. The van der Waals surface area contributed by atoms with Gasteiger partial charge >= 0.3 is 0 Å². The molecule has 1 fully saturated rings. The van der Waals surface area contributed by atoms with Crippen LogP contribution in [0.25, 0.3) is 0 Å². The molecule has 6 heteroatoms. The third kappa shape index (κ3) is 4.51. The molecule has 1 aromatic rings. The van der Waals surface area contributed by atoms with Crippen molar-refractivity contribution in [3.8, 4) is 0 Å². The molecule has 118 valence electrons. The minimum absolute atomic E-state index is 0.0246. The Morgan fingerprint density at radius 2 is 1.86 bits per heavy atom. The molecular weight excluding hydrogens is 290 g/mol. The number of rotatable bonds is 6. The number of sulfonamides is 1. The highest BCUT2D eigenvalue weighted by Gasteiger charge is 2.39. The standard InChI is InChI=1S/C15H23NO4S/c1-11-13(15(18)9-14(11)17)10-16-21(19,20)8-7-12-5-3-2-4-6-12/h2-6,11,13-18H,7-10H2,1H3. The molecule has 0 saturated heterocycles. The summed E-state index contributed by atoms with van der Waals surface area (Å²) in [7, 11) is -3.37. The van der Waals surface area contributed by atoms with Gasteiger partial charge in [-0.3, -0.25) is 0 Å². The van der Waals surface area contributed by atoms with E-state index in [0.29, 0.717) is 12.8 Å². The Morgan fingerprint density at radius 3 is 2.43 bits per heavy atom. The molecule has 1 saturated carbocycles. The molecule has 4 atom stereocenters. The summed E-state index contributed by atoms with van der Waals surface area (Å²) in [6.07, 6.45) is -0.426. The largest absolute Gasteiger partial charge is 0.393 e. The van der Waals surface area contributed by atoms with Crippen LogP contribution in [0.4, 0.5) is 0 Å². The molecule has 0 bridgehead atoms. The van der Waals surface area contributed by atoms with Crippen LogP contribution in [-0.2, 0) is 16.4 Å². The summed E-state index contributed by atoms with van der Waals surface area (Å²) in [4.78, 5) is 0. The van der Waals surface area contributed by atoms with Crippen molar-refractivity contribution >= 4 is 10.0 Å². The lowest BCUT2D eigenvalue weighted by atomic mass is 9.96. The predicted molar refractivity (Wildman–Crippen MR) is 81.2 cm³/mol. The molecule has 0 aromatic heterocycles. The van der Waals surface area contributed by atoms with Crippen LogP contribution in [0.1, 0.15) is 18.9 Å². The zero-order valence-electron chi connectivity index (χ0n) is 12.1. The molecule has 0 amide bonds. The molecule has 0 spiro atoms. The minimum atomic E-state index is -3.37. The van der Waals surface area contributed by atoms with Gasteiger partial charge in [0.25, 0.3) is 0 Å². The lowest BCUT2D eigenvalue weighted by Gasteiger charge is -2.20. The highest BCUT2D eigenvalue weighted by molar-refractivity contribution is 7.89. The van der Waals surface area contributed by atoms with Crippen molar-refractivity contribution in [3.63, 3.8) is 0 Å². The number of aryl methyl sites for hydroxylation is 1. The monoisotopic (exact) mass is 313 g/mol. The second-order valence-electron chi connectivity index (χ2n) is 5.80. The highest BCUT2D eigenvalue weighted by atomic mass is 32.2. The van der Waals surface area contributed by atoms with E-state index in [9.17, 15) is 18.6 Å². The van der Waals surface area contributed by atoms with Gasteiger partial charge in [0.1, 0.15) is 0 Å². The topological polar surface area (TPSA) is 86.6 Å². The molecule has 0 heterocycles. The Labute approximate surface area is 126 Å². The lowest BCUT2D eigenvalue weighted by molar-refractivity contribution is 0.121. The quantitative estimate of drug-likeness (QED) is 0.715.